The van der Waals surface area contributed by atoms with Crippen molar-refractivity contribution in [1.29, 1.82) is 0 Å². The molecule has 0 saturated carbocycles. The van der Waals surface area contributed by atoms with Crippen molar-refractivity contribution in [3.63, 3.8) is 0 Å². The van der Waals surface area contributed by atoms with E-state index in [0.717, 1.165) is 11.1 Å². The molecule has 1 N–H and O–H groups in total. The van der Waals surface area contributed by atoms with Crippen LogP contribution in [0.5, 0.6) is 5.75 Å². The predicted molar refractivity (Wildman–Crippen MR) is 112 cm³/mol. The molecule has 8 heteroatoms. The molecule has 3 rings (SSSR count). The van der Waals surface area contributed by atoms with Gasteiger partial charge in [0.05, 0.1) is 19.1 Å². The Labute approximate surface area is 177 Å². The zero-order chi connectivity index (χ0) is 21.9. The number of hydrogen-bond acceptors (Lipinski definition) is 4. The topological polar surface area (TPSA) is 75.7 Å². The number of sulfonamides is 1. The minimum Gasteiger partial charge on any atom is -0.495 e. The standard InChI is InChI=1S/C22H27FN2O4S/c1-15-6-11-20(29-3)21(13-15)30(27,28)25-12-4-5-18(14-25)22(26)24-16(2)17-7-9-19(23)10-8-17/h6-11,13,16,18H,4-5,12,14H2,1-3H3,(H,24,26)/t16-,18+/m1/s1. The molecule has 0 aliphatic carbocycles. The highest BCUT2D eigenvalue weighted by molar-refractivity contribution is 7.89. The fourth-order valence-corrected chi connectivity index (χ4v) is 5.43. The maximum atomic E-state index is 13.2. The van der Waals surface area contributed by atoms with Crippen molar-refractivity contribution in [2.45, 2.75) is 37.6 Å². The number of rotatable bonds is 6. The highest BCUT2D eigenvalue weighted by Gasteiger charge is 2.35. The number of nitrogens with one attached hydrogen (secondary N) is 1. The Bertz CT molecular complexity index is 1010. The van der Waals surface area contributed by atoms with Crippen LogP contribution in [-0.4, -0.2) is 38.8 Å². The molecule has 0 unspecified atom stereocenters. The van der Waals surface area contributed by atoms with Gasteiger partial charge in [0.15, 0.2) is 0 Å². The van der Waals surface area contributed by atoms with E-state index in [1.165, 1.54) is 23.5 Å². The molecule has 1 aliphatic rings. The van der Waals surface area contributed by atoms with E-state index >= 15 is 0 Å². The average molecular weight is 435 g/mol. The first kappa shape index (κ1) is 22.2. The summed E-state index contributed by atoms with van der Waals surface area (Å²) in [5.74, 6) is -0.704. The molecule has 1 saturated heterocycles. The van der Waals surface area contributed by atoms with Gasteiger partial charge >= 0.3 is 0 Å². The van der Waals surface area contributed by atoms with Crippen LogP contribution in [0.25, 0.3) is 0 Å². The highest BCUT2D eigenvalue weighted by Crippen LogP contribution is 2.31. The number of amides is 1. The Morgan fingerprint density at radius 2 is 1.93 bits per heavy atom. The average Bonchev–Trinajstić information content (AvgIpc) is 2.74. The fraction of sp³-hybridized carbons (Fsp3) is 0.409. The van der Waals surface area contributed by atoms with E-state index in [9.17, 15) is 17.6 Å². The number of hydrogen-bond donors (Lipinski definition) is 1. The molecule has 1 aliphatic heterocycles. The molecular formula is C22H27FN2O4S. The SMILES string of the molecule is COc1ccc(C)cc1S(=O)(=O)N1CCC[C@H](C(=O)N[C@H](C)c2ccc(F)cc2)C1. The van der Waals surface area contributed by atoms with Gasteiger partial charge in [-0.2, -0.15) is 4.31 Å². The van der Waals surface area contributed by atoms with Crippen LogP contribution in [0.2, 0.25) is 0 Å². The highest BCUT2D eigenvalue weighted by atomic mass is 32.2. The number of ether oxygens (including phenoxy) is 1. The van der Waals surface area contributed by atoms with E-state index in [4.69, 9.17) is 4.74 Å². The molecule has 0 bridgehead atoms. The molecule has 2 aromatic rings. The molecule has 2 atom stereocenters. The Balaban J connectivity index is 1.73. The van der Waals surface area contributed by atoms with Crippen LogP contribution in [0.1, 0.15) is 36.9 Å². The van der Waals surface area contributed by atoms with Gasteiger partial charge in [-0.25, -0.2) is 12.8 Å². The van der Waals surface area contributed by atoms with Crippen LogP contribution in [0.4, 0.5) is 4.39 Å². The minimum absolute atomic E-state index is 0.113. The molecule has 1 heterocycles. The van der Waals surface area contributed by atoms with Crippen LogP contribution in [-0.2, 0) is 14.8 Å². The van der Waals surface area contributed by atoms with Crippen molar-refractivity contribution in [2.75, 3.05) is 20.2 Å². The third-order valence-electron chi connectivity index (χ3n) is 5.42. The van der Waals surface area contributed by atoms with Gasteiger partial charge in [0, 0.05) is 13.1 Å². The summed E-state index contributed by atoms with van der Waals surface area (Å²) in [4.78, 5) is 12.9. The largest absolute Gasteiger partial charge is 0.495 e. The summed E-state index contributed by atoms with van der Waals surface area (Å²) in [6.07, 6.45) is 1.20. The van der Waals surface area contributed by atoms with Gasteiger partial charge < -0.3 is 10.1 Å². The van der Waals surface area contributed by atoms with E-state index in [1.54, 1.807) is 30.3 Å². The van der Waals surface area contributed by atoms with Gasteiger partial charge in [0.2, 0.25) is 15.9 Å². The lowest BCUT2D eigenvalue weighted by Gasteiger charge is -2.32. The Morgan fingerprint density at radius 3 is 2.60 bits per heavy atom. The van der Waals surface area contributed by atoms with Gasteiger partial charge in [-0.3, -0.25) is 4.79 Å². The normalized spacial score (nSPS) is 18.6. The maximum Gasteiger partial charge on any atom is 0.246 e. The third kappa shape index (κ3) is 4.82. The molecule has 0 aromatic heterocycles. The van der Waals surface area contributed by atoms with Gasteiger partial charge in [0.1, 0.15) is 16.5 Å². The molecule has 162 valence electrons. The smallest absolute Gasteiger partial charge is 0.246 e. The summed E-state index contributed by atoms with van der Waals surface area (Å²) in [6.45, 7) is 4.11. The Morgan fingerprint density at radius 1 is 1.23 bits per heavy atom. The molecule has 0 radical (unpaired) electrons. The first-order valence-electron chi connectivity index (χ1n) is 9.93. The molecule has 2 aromatic carbocycles. The summed E-state index contributed by atoms with van der Waals surface area (Å²) < 4.78 is 46.2. The van der Waals surface area contributed by atoms with Crippen molar-refractivity contribution in [1.82, 2.24) is 9.62 Å². The number of methoxy groups -OCH3 is 1. The lowest BCUT2D eigenvalue weighted by Crippen LogP contribution is -2.45. The summed E-state index contributed by atoms with van der Waals surface area (Å²) >= 11 is 0. The van der Waals surface area contributed by atoms with Gasteiger partial charge in [-0.05, 0) is 62.1 Å². The number of halogens is 1. The zero-order valence-electron chi connectivity index (χ0n) is 17.4. The van der Waals surface area contributed by atoms with E-state index in [2.05, 4.69) is 5.32 Å². The lowest BCUT2D eigenvalue weighted by molar-refractivity contribution is -0.126. The van der Waals surface area contributed by atoms with Crippen LogP contribution in [0.3, 0.4) is 0 Å². The summed E-state index contributed by atoms with van der Waals surface area (Å²) in [6, 6.07) is 10.7. The molecule has 30 heavy (non-hydrogen) atoms. The second-order valence-electron chi connectivity index (χ2n) is 7.64. The summed E-state index contributed by atoms with van der Waals surface area (Å²) in [7, 11) is -2.35. The van der Waals surface area contributed by atoms with E-state index in [0.29, 0.717) is 19.4 Å². The Kier molecular flexibility index (Phi) is 6.77. The van der Waals surface area contributed by atoms with Gasteiger partial charge in [-0.15, -0.1) is 0 Å². The first-order valence-corrected chi connectivity index (χ1v) is 11.4. The minimum atomic E-state index is -3.79. The maximum absolute atomic E-state index is 13.2. The molecular weight excluding hydrogens is 407 g/mol. The number of nitrogens with zero attached hydrogens (tertiary/aromatic N) is 1. The molecule has 6 nitrogen and oxygen atoms in total. The fourth-order valence-electron chi connectivity index (χ4n) is 3.67. The summed E-state index contributed by atoms with van der Waals surface area (Å²) in [5, 5.41) is 2.92. The number of aryl methyl sites for hydroxylation is 1. The van der Waals surface area contributed by atoms with Crippen molar-refractivity contribution in [3.8, 4) is 5.75 Å². The van der Waals surface area contributed by atoms with E-state index in [1.807, 2.05) is 13.8 Å². The number of carbonyl (C=O) groups excluding carboxylic acids is 1. The second-order valence-corrected chi connectivity index (χ2v) is 9.54. The summed E-state index contributed by atoms with van der Waals surface area (Å²) in [5.41, 5.74) is 1.60. The van der Waals surface area contributed by atoms with E-state index < -0.39 is 15.9 Å². The predicted octanol–water partition coefficient (Wildman–Crippen LogP) is 3.42. The number of benzene rings is 2. The third-order valence-corrected chi connectivity index (χ3v) is 7.31. The molecule has 1 fully saturated rings. The van der Waals surface area contributed by atoms with Crippen molar-refractivity contribution >= 4 is 15.9 Å². The number of carbonyl (C=O) groups is 1. The van der Waals surface area contributed by atoms with Gasteiger partial charge in [-0.1, -0.05) is 18.2 Å². The van der Waals surface area contributed by atoms with Crippen LogP contribution in [0.15, 0.2) is 47.4 Å². The van der Waals surface area contributed by atoms with Crippen molar-refractivity contribution in [3.05, 3.63) is 59.4 Å². The van der Waals surface area contributed by atoms with Crippen LogP contribution in [0, 0.1) is 18.7 Å². The molecule has 1 amide bonds. The molecule has 0 spiro atoms. The van der Waals surface area contributed by atoms with Crippen molar-refractivity contribution in [2.24, 2.45) is 5.92 Å². The second kappa shape index (κ2) is 9.14. The number of piperidine rings is 1. The Hall–Kier alpha value is -2.45. The monoisotopic (exact) mass is 434 g/mol. The van der Waals surface area contributed by atoms with Crippen molar-refractivity contribution < 1.29 is 22.3 Å². The van der Waals surface area contributed by atoms with E-state index in [-0.39, 0.29) is 35.0 Å². The van der Waals surface area contributed by atoms with Gasteiger partial charge in [0.25, 0.3) is 0 Å². The lowest BCUT2D eigenvalue weighted by atomic mass is 9.98. The zero-order valence-corrected chi connectivity index (χ0v) is 18.2. The quantitative estimate of drug-likeness (QED) is 0.756. The van der Waals surface area contributed by atoms with Crippen LogP contribution < -0.4 is 10.1 Å². The first-order chi connectivity index (χ1) is 14.2. The van der Waals surface area contributed by atoms with Crippen LogP contribution >= 0.6 is 0 Å².